The van der Waals surface area contributed by atoms with Crippen molar-refractivity contribution in [3.05, 3.63) is 0 Å². The molecule has 0 saturated heterocycles. The summed E-state index contributed by atoms with van der Waals surface area (Å²) >= 11 is 0. The van der Waals surface area contributed by atoms with Crippen LogP contribution in [0.5, 0.6) is 0 Å². The van der Waals surface area contributed by atoms with Gasteiger partial charge in [0, 0.05) is 18.9 Å². The highest BCUT2D eigenvalue weighted by Crippen LogP contribution is 2.31. The zero-order valence-electron chi connectivity index (χ0n) is 12.4. The molecule has 4 nitrogen and oxygen atoms in total. The van der Waals surface area contributed by atoms with E-state index < -0.39 is 22.6 Å². The van der Waals surface area contributed by atoms with Gasteiger partial charge in [-0.3, -0.25) is 0 Å². The minimum absolute atomic E-state index is 0.0113. The molecule has 1 fully saturated rings. The van der Waals surface area contributed by atoms with Gasteiger partial charge < -0.3 is 10.1 Å². The summed E-state index contributed by atoms with van der Waals surface area (Å²) in [7, 11) is -1.30. The van der Waals surface area contributed by atoms with Crippen LogP contribution in [0.3, 0.4) is 0 Å². The Hall–Kier alpha value is -0.340. The minimum atomic E-state index is -4.30. The average Bonchev–Trinajstić information content (AvgIpc) is 2.37. The maximum Gasteiger partial charge on any atom is 0.411 e. The number of hydrogen-bond donors (Lipinski definition) is 1. The van der Waals surface area contributed by atoms with Gasteiger partial charge in [0.2, 0.25) is 0 Å². The van der Waals surface area contributed by atoms with Crippen molar-refractivity contribution in [2.24, 2.45) is 5.92 Å². The van der Waals surface area contributed by atoms with Crippen LogP contribution in [-0.4, -0.2) is 52.4 Å². The summed E-state index contributed by atoms with van der Waals surface area (Å²) in [5.74, 6) is 0.165. The van der Waals surface area contributed by atoms with Crippen molar-refractivity contribution in [3.63, 3.8) is 0 Å². The second kappa shape index (κ2) is 7.78. The molecule has 1 saturated carbocycles. The first-order chi connectivity index (χ1) is 9.63. The van der Waals surface area contributed by atoms with Gasteiger partial charge in [-0.1, -0.05) is 6.42 Å². The number of ether oxygens (including phenoxy) is 1. The van der Waals surface area contributed by atoms with Crippen LogP contribution in [0.4, 0.5) is 13.2 Å². The number of halogens is 3. The lowest BCUT2D eigenvalue weighted by molar-refractivity contribution is -0.174. The molecule has 1 aliphatic carbocycles. The number of nitrogens with one attached hydrogen (secondary N) is 1. The molecule has 0 bridgehead atoms. The Kier molecular flexibility index (Phi) is 6.93. The highest BCUT2D eigenvalue weighted by atomic mass is 32.2. The van der Waals surface area contributed by atoms with Crippen LogP contribution < -0.4 is 5.32 Å². The van der Waals surface area contributed by atoms with Crippen LogP contribution in [-0.2, 0) is 14.6 Å². The Balaban J connectivity index is 2.44. The van der Waals surface area contributed by atoms with Crippen LogP contribution in [0.2, 0.25) is 0 Å². The summed E-state index contributed by atoms with van der Waals surface area (Å²) in [5.41, 5.74) is 0. The molecule has 0 radical (unpaired) electrons. The molecule has 0 amide bonds. The van der Waals surface area contributed by atoms with Crippen molar-refractivity contribution >= 4 is 9.84 Å². The monoisotopic (exact) mass is 331 g/mol. The van der Waals surface area contributed by atoms with Crippen LogP contribution >= 0.6 is 0 Å². The summed E-state index contributed by atoms with van der Waals surface area (Å²) in [6.07, 6.45) is 0.386. The average molecular weight is 331 g/mol. The lowest BCUT2D eigenvalue weighted by atomic mass is 9.82. The standard InChI is InChI=1S/C13H24F3NO3S/c1-17-12(6-7-20-9-13(14,15)16)10-4-3-5-11(8-10)21(2,18)19/h10-12,17H,3-9H2,1-2H3. The second-order valence-electron chi connectivity index (χ2n) is 5.73. The third kappa shape index (κ3) is 6.97. The van der Waals surface area contributed by atoms with Gasteiger partial charge in [-0.05, 0) is 38.6 Å². The van der Waals surface area contributed by atoms with Crippen LogP contribution in [0, 0.1) is 5.92 Å². The first-order valence-corrected chi connectivity index (χ1v) is 9.09. The quantitative estimate of drug-likeness (QED) is 0.726. The fraction of sp³-hybridized carbons (Fsp3) is 1.00. The molecule has 8 heteroatoms. The van der Waals surface area contributed by atoms with Gasteiger partial charge in [-0.2, -0.15) is 13.2 Å². The summed E-state index contributed by atoms with van der Waals surface area (Å²) in [6.45, 7) is -1.22. The maximum atomic E-state index is 12.0. The van der Waals surface area contributed by atoms with E-state index in [9.17, 15) is 21.6 Å². The summed E-state index contributed by atoms with van der Waals surface area (Å²) in [6, 6.07) is -0.0113. The Labute approximate surface area is 124 Å². The molecule has 3 unspecified atom stereocenters. The topological polar surface area (TPSA) is 55.4 Å². The van der Waals surface area contributed by atoms with Crippen molar-refractivity contribution in [2.45, 2.75) is 49.6 Å². The molecule has 0 aromatic heterocycles. The SMILES string of the molecule is CNC(CCOCC(F)(F)F)C1CCCC(S(C)(=O)=O)C1. The molecule has 1 N–H and O–H groups in total. The molecular weight excluding hydrogens is 307 g/mol. The minimum Gasteiger partial charge on any atom is -0.372 e. The van der Waals surface area contributed by atoms with Crippen LogP contribution in [0.25, 0.3) is 0 Å². The predicted molar refractivity (Wildman–Crippen MR) is 74.9 cm³/mol. The number of rotatable bonds is 7. The van der Waals surface area contributed by atoms with E-state index in [1.807, 2.05) is 0 Å². The van der Waals surface area contributed by atoms with E-state index in [1.165, 1.54) is 6.26 Å². The molecule has 21 heavy (non-hydrogen) atoms. The van der Waals surface area contributed by atoms with Gasteiger partial charge in [-0.15, -0.1) is 0 Å². The zero-order chi connectivity index (χ0) is 16.1. The van der Waals surface area contributed by atoms with Gasteiger partial charge >= 0.3 is 6.18 Å². The van der Waals surface area contributed by atoms with E-state index in [2.05, 4.69) is 10.1 Å². The molecule has 1 rings (SSSR count). The van der Waals surface area contributed by atoms with E-state index in [-0.39, 0.29) is 23.8 Å². The van der Waals surface area contributed by atoms with Crippen LogP contribution in [0.15, 0.2) is 0 Å². The van der Waals surface area contributed by atoms with Crippen molar-refractivity contribution in [2.75, 3.05) is 26.5 Å². The van der Waals surface area contributed by atoms with E-state index >= 15 is 0 Å². The van der Waals surface area contributed by atoms with Crippen molar-refractivity contribution < 1.29 is 26.3 Å². The summed E-state index contributed by atoms with van der Waals surface area (Å²) in [4.78, 5) is 0. The Morgan fingerprint density at radius 1 is 1.33 bits per heavy atom. The molecule has 0 aliphatic heterocycles. The summed E-state index contributed by atoms with van der Waals surface area (Å²) < 4.78 is 63.9. The van der Waals surface area contributed by atoms with Crippen molar-refractivity contribution in [1.29, 1.82) is 0 Å². The number of alkyl halides is 3. The highest BCUT2D eigenvalue weighted by Gasteiger charge is 2.33. The Morgan fingerprint density at radius 2 is 2.00 bits per heavy atom. The third-order valence-electron chi connectivity index (χ3n) is 4.05. The third-order valence-corrected chi connectivity index (χ3v) is 5.69. The molecule has 3 atom stereocenters. The lowest BCUT2D eigenvalue weighted by Gasteiger charge is -2.33. The van der Waals surface area contributed by atoms with Gasteiger partial charge in [0.05, 0.1) is 5.25 Å². The van der Waals surface area contributed by atoms with Gasteiger partial charge in [0.1, 0.15) is 16.4 Å². The van der Waals surface area contributed by atoms with Crippen molar-refractivity contribution in [1.82, 2.24) is 5.32 Å². The van der Waals surface area contributed by atoms with Gasteiger partial charge in [-0.25, -0.2) is 8.42 Å². The van der Waals surface area contributed by atoms with Gasteiger partial charge in [0.25, 0.3) is 0 Å². The smallest absolute Gasteiger partial charge is 0.372 e. The van der Waals surface area contributed by atoms with E-state index in [4.69, 9.17) is 0 Å². The number of hydrogen-bond acceptors (Lipinski definition) is 4. The number of sulfone groups is 1. The highest BCUT2D eigenvalue weighted by molar-refractivity contribution is 7.91. The van der Waals surface area contributed by atoms with Gasteiger partial charge in [0.15, 0.2) is 0 Å². The first kappa shape index (κ1) is 18.7. The molecule has 0 spiro atoms. The normalized spacial score (nSPS) is 25.8. The molecule has 126 valence electrons. The molecule has 0 aromatic rings. The van der Waals surface area contributed by atoms with E-state index in [0.717, 1.165) is 12.8 Å². The fourth-order valence-corrected chi connectivity index (χ4v) is 4.14. The molecular formula is C13H24F3NO3S. The molecule has 0 aromatic carbocycles. The lowest BCUT2D eigenvalue weighted by Crippen LogP contribution is -2.40. The largest absolute Gasteiger partial charge is 0.411 e. The fourth-order valence-electron chi connectivity index (χ4n) is 2.95. The van der Waals surface area contributed by atoms with Crippen LogP contribution in [0.1, 0.15) is 32.1 Å². The predicted octanol–water partition coefficient (Wildman–Crippen LogP) is 2.15. The summed E-state index contributed by atoms with van der Waals surface area (Å²) in [5, 5.41) is 2.75. The Bertz CT molecular complexity index is 411. The molecule has 1 aliphatic rings. The first-order valence-electron chi connectivity index (χ1n) is 7.14. The second-order valence-corrected chi connectivity index (χ2v) is 8.06. The zero-order valence-corrected chi connectivity index (χ0v) is 13.3. The maximum absolute atomic E-state index is 12.0. The van der Waals surface area contributed by atoms with E-state index in [1.54, 1.807) is 7.05 Å². The van der Waals surface area contributed by atoms with E-state index in [0.29, 0.717) is 19.3 Å². The Morgan fingerprint density at radius 3 is 2.52 bits per heavy atom. The van der Waals surface area contributed by atoms with Crippen molar-refractivity contribution in [3.8, 4) is 0 Å². The molecule has 0 heterocycles.